The molecule has 0 saturated carbocycles. The summed E-state index contributed by atoms with van der Waals surface area (Å²) in [4.78, 5) is 2.40. The number of rotatable bonds is 3. The van der Waals surface area contributed by atoms with Gasteiger partial charge in [-0.05, 0) is 37.5 Å². The van der Waals surface area contributed by atoms with Crippen molar-refractivity contribution in [2.45, 2.75) is 25.3 Å². The van der Waals surface area contributed by atoms with Crippen molar-refractivity contribution in [2.24, 2.45) is 0 Å². The fourth-order valence-electron chi connectivity index (χ4n) is 2.28. The van der Waals surface area contributed by atoms with Gasteiger partial charge in [-0.3, -0.25) is 0 Å². The summed E-state index contributed by atoms with van der Waals surface area (Å²) in [6, 6.07) is 8.91. The molecule has 1 fully saturated rings. The van der Waals surface area contributed by atoms with Gasteiger partial charge in [0.05, 0.1) is 0 Å². The van der Waals surface area contributed by atoms with Gasteiger partial charge in [0.15, 0.2) is 0 Å². The van der Waals surface area contributed by atoms with Crippen molar-refractivity contribution < 1.29 is 5.11 Å². The third kappa shape index (κ3) is 2.52. The molecule has 82 valence electrons. The van der Waals surface area contributed by atoms with Crippen LogP contribution in [-0.4, -0.2) is 24.3 Å². The lowest BCUT2D eigenvalue weighted by Crippen LogP contribution is -2.29. The highest BCUT2D eigenvalue weighted by Gasteiger charge is 2.23. The first-order chi connectivity index (χ1) is 7.31. The number of halogens is 1. The molecule has 15 heavy (non-hydrogen) atoms. The average Bonchev–Trinajstić information content (AvgIpc) is 2.66. The maximum atomic E-state index is 9.01. The molecular formula is C12H16BrNO. The summed E-state index contributed by atoms with van der Waals surface area (Å²) < 4.78 is 1.12. The Labute approximate surface area is 99.0 Å². The van der Waals surface area contributed by atoms with Gasteiger partial charge in [-0.15, -0.1) is 0 Å². The van der Waals surface area contributed by atoms with Crippen LogP contribution in [0.4, 0.5) is 5.69 Å². The number of hydrogen-bond acceptors (Lipinski definition) is 2. The van der Waals surface area contributed by atoms with E-state index in [1.807, 2.05) is 6.07 Å². The van der Waals surface area contributed by atoms with Gasteiger partial charge < -0.3 is 10.0 Å². The van der Waals surface area contributed by atoms with Crippen molar-refractivity contribution in [3.63, 3.8) is 0 Å². The first kappa shape index (κ1) is 11.0. The Morgan fingerprint density at radius 1 is 1.47 bits per heavy atom. The van der Waals surface area contributed by atoms with Crippen LogP contribution in [0.5, 0.6) is 0 Å². The van der Waals surface area contributed by atoms with Gasteiger partial charge in [0.2, 0.25) is 0 Å². The topological polar surface area (TPSA) is 23.5 Å². The Balaban J connectivity index is 2.15. The SMILES string of the molecule is OCCC1CCCN1c1cccc(Br)c1. The predicted molar refractivity (Wildman–Crippen MR) is 66.2 cm³/mol. The molecule has 1 aromatic carbocycles. The summed E-state index contributed by atoms with van der Waals surface area (Å²) in [6.45, 7) is 1.40. The highest BCUT2D eigenvalue weighted by atomic mass is 79.9. The first-order valence-corrected chi connectivity index (χ1v) is 6.23. The Morgan fingerprint density at radius 2 is 2.33 bits per heavy atom. The second-order valence-corrected chi connectivity index (χ2v) is 4.90. The van der Waals surface area contributed by atoms with E-state index in [0.29, 0.717) is 6.04 Å². The lowest BCUT2D eigenvalue weighted by Gasteiger charge is -2.26. The Bertz CT molecular complexity index is 329. The molecule has 1 aromatic rings. The molecule has 0 bridgehead atoms. The van der Waals surface area contributed by atoms with Gasteiger partial charge in [-0.1, -0.05) is 22.0 Å². The van der Waals surface area contributed by atoms with Crippen LogP contribution >= 0.6 is 15.9 Å². The minimum atomic E-state index is 0.287. The van der Waals surface area contributed by atoms with Crippen molar-refractivity contribution in [3.8, 4) is 0 Å². The van der Waals surface area contributed by atoms with Crippen molar-refractivity contribution in [2.75, 3.05) is 18.1 Å². The monoisotopic (exact) mass is 269 g/mol. The summed E-state index contributed by atoms with van der Waals surface area (Å²) in [6.07, 6.45) is 3.32. The summed E-state index contributed by atoms with van der Waals surface area (Å²) in [5.41, 5.74) is 1.26. The van der Waals surface area contributed by atoms with Crippen LogP contribution in [0.2, 0.25) is 0 Å². The van der Waals surface area contributed by atoms with Crippen LogP contribution < -0.4 is 4.90 Å². The average molecular weight is 270 g/mol. The lowest BCUT2D eigenvalue weighted by molar-refractivity contribution is 0.276. The third-order valence-electron chi connectivity index (χ3n) is 2.98. The molecule has 0 amide bonds. The standard InChI is InChI=1S/C12H16BrNO/c13-10-3-1-4-12(9-10)14-7-2-5-11(14)6-8-15/h1,3-4,9,11,15H,2,5-8H2. The van der Waals surface area contributed by atoms with E-state index in [-0.39, 0.29) is 6.61 Å². The Morgan fingerprint density at radius 3 is 3.07 bits per heavy atom. The summed E-state index contributed by atoms with van der Waals surface area (Å²) >= 11 is 3.49. The zero-order valence-electron chi connectivity index (χ0n) is 8.69. The number of aliphatic hydroxyl groups excluding tert-OH is 1. The largest absolute Gasteiger partial charge is 0.396 e. The van der Waals surface area contributed by atoms with E-state index in [1.165, 1.54) is 18.5 Å². The highest BCUT2D eigenvalue weighted by molar-refractivity contribution is 9.10. The molecule has 3 heteroatoms. The van der Waals surface area contributed by atoms with E-state index in [0.717, 1.165) is 17.4 Å². The number of nitrogens with zero attached hydrogens (tertiary/aromatic N) is 1. The second kappa shape index (κ2) is 4.99. The zero-order chi connectivity index (χ0) is 10.7. The maximum absolute atomic E-state index is 9.01. The normalized spacial score (nSPS) is 20.9. The molecule has 1 aliphatic rings. The molecular weight excluding hydrogens is 254 g/mol. The van der Waals surface area contributed by atoms with Gasteiger partial charge >= 0.3 is 0 Å². The second-order valence-electron chi connectivity index (χ2n) is 3.98. The molecule has 0 spiro atoms. The molecule has 0 aromatic heterocycles. The molecule has 2 nitrogen and oxygen atoms in total. The summed E-state index contributed by atoms with van der Waals surface area (Å²) in [5, 5.41) is 9.01. The number of hydrogen-bond donors (Lipinski definition) is 1. The molecule has 1 unspecified atom stereocenters. The van der Waals surface area contributed by atoms with Gasteiger partial charge in [0.1, 0.15) is 0 Å². The van der Waals surface area contributed by atoms with E-state index in [1.54, 1.807) is 0 Å². The quantitative estimate of drug-likeness (QED) is 0.913. The minimum Gasteiger partial charge on any atom is -0.396 e. The molecule has 0 aliphatic carbocycles. The summed E-state index contributed by atoms with van der Waals surface area (Å²) in [5.74, 6) is 0. The van der Waals surface area contributed by atoms with Gasteiger partial charge in [-0.2, -0.15) is 0 Å². The van der Waals surface area contributed by atoms with Crippen molar-refractivity contribution >= 4 is 21.6 Å². The van der Waals surface area contributed by atoms with Crippen LogP contribution in [0, 0.1) is 0 Å². The molecule has 0 radical (unpaired) electrons. The van der Waals surface area contributed by atoms with Gasteiger partial charge in [0.25, 0.3) is 0 Å². The van der Waals surface area contributed by atoms with E-state index in [2.05, 4.69) is 39.0 Å². The molecule has 1 saturated heterocycles. The van der Waals surface area contributed by atoms with Crippen LogP contribution in [-0.2, 0) is 0 Å². The van der Waals surface area contributed by atoms with Crippen molar-refractivity contribution in [3.05, 3.63) is 28.7 Å². The Hall–Kier alpha value is -0.540. The Kier molecular flexibility index (Phi) is 3.65. The molecule has 2 rings (SSSR count). The van der Waals surface area contributed by atoms with Crippen LogP contribution in [0.25, 0.3) is 0 Å². The molecule has 1 aliphatic heterocycles. The molecule has 1 heterocycles. The van der Waals surface area contributed by atoms with Crippen LogP contribution in [0.3, 0.4) is 0 Å². The first-order valence-electron chi connectivity index (χ1n) is 5.44. The minimum absolute atomic E-state index is 0.287. The van der Waals surface area contributed by atoms with Gasteiger partial charge in [0, 0.05) is 29.4 Å². The van der Waals surface area contributed by atoms with Crippen molar-refractivity contribution in [1.29, 1.82) is 0 Å². The maximum Gasteiger partial charge on any atom is 0.0450 e. The fourth-order valence-corrected chi connectivity index (χ4v) is 2.67. The molecule has 1 atom stereocenters. The van der Waals surface area contributed by atoms with Crippen LogP contribution in [0.1, 0.15) is 19.3 Å². The highest BCUT2D eigenvalue weighted by Crippen LogP contribution is 2.28. The number of anilines is 1. The lowest BCUT2D eigenvalue weighted by atomic mass is 10.1. The third-order valence-corrected chi connectivity index (χ3v) is 3.47. The van der Waals surface area contributed by atoms with Crippen molar-refractivity contribution in [1.82, 2.24) is 0 Å². The summed E-state index contributed by atoms with van der Waals surface area (Å²) in [7, 11) is 0. The predicted octanol–water partition coefficient (Wildman–Crippen LogP) is 2.80. The smallest absolute Gasteiger partial charge is 0.0450 e. The number of aliphatic hydroxyl groups is 1. The van der Waals surface area contributed by atoms with E-state index >= 15 is 0 Å². The van der Waals surface area contributed by atoms with E-state index in [4.69, 9.17) is 5.11 Å². The molecule has 1 N–H and O–H groups in total. The van der Waals surface area contributed by atoms with Crippen LogP contribution in [0.15, 0.2) is 28.7 Å². The zero-order valence-corrected chi connectivity index (χ0v) is 10.3. The van der Waals surface area contributed by atoms with Gasteiger partial charge in [-0.25, -0.2) is 0 Å². The number of benzene rings is 1. The fraction of sp³-hybridized carbons (Fsp3) is 0.500. The van der Waals surface area contributed by atoms with E-state index < -0.39 is 0 Å². The van der Waals surface area contributed by atoms with E-state index in [9.17, 15) is 0 Å².